The molecule has 0 radical (unpaired) electrons. The Morgan fingerprint density at radius 3 is 2.16 bits per heavy atom. The van der Waals surface area contributed by atoms with Gasteiger partial charge in [0.25, 0.3) is 0 Å². The standard InChI is InChI=1S/C44H74N4O14/c1-13-32-29(22-58-43-41(57-12)40(56-11)37(53)27(6)60-43)18-23(2)14-15-30(49)24(3)19-28(16-17-48-21-33(45-46-48)44(7,8)55)39(25(4)31(50)20-34(51)61-32)62-42-38(54)35(47(9)10)36(52)26(5)59-42/h14-15,18,21,24-29,31-32,35-43,50,52-55H,13,16-17,19-20,22H2,1-12H3/t24-,25+,26-,27?,28+,29-,31-,32-,35?,36-,37-,38?,39-,40+,41?,42+,43-/m1/s1. The number of ether oxygens (including phenoxy) is 7. The van der Waals surface area contributed by atoms with E-state index in [1.54, 1.807) is 70.6 Å². The Balaban J connectivity index is 1.71. The monoisotopic (exact) mass is 883 g/mol. The predicted octanol–water partition coefficient (Wildman–Crippen LogP) is 1.88. The lowest BCUT2D eigenvalue weighted by atomic mass is 9.79. The van der Waals surface area contributed by atoms with Crippen LogP contribution in [0.2, 0.25) is 0 Å². The molecule has 354 valence electrons. The molecule has 0 saturated carbocycles. The van der Waals surface area contributed by atoms with Gasteiger partial charge in [-0.2, -0.15) is 0 Å². The molecule has 3 aliphatic rings. The fraction of sp³-hybridized carbons (Fsp3) is 0.818. The quantitative estimate of drug-likeness (QED) is 0.178. The second kappa shape index (κ2) is 22.9. The number of carbonyl (C=O) groups excluding carboxylic acids is 2. The zero-order chi connectivity index (χ0) is 46.2. The van der Waals surface area contributed by atoms with Gasteiger partial charge < -0.3 is 63.6 Å². The molecule has 0 spiro atoms. The topological polar surface area (TPSA) is 234 Å². The summed E-state index contributed by atoms with van der Waals surface area (Å²) in [4.78, 5) is 29.5. The normalized spacial score (nSPS) is 38.5. The van der Waals surface area contributed by atoms with Crippen molar-refractivity contribution in [1.82, 2.24) is 19.9 Å². The molecule has 18 heteroatoms. The highest BCUT2D eigenvalue weighted by Gasteiger charge is 2.48. The molecule has 3 aliphatic heterocycles. The van der Waals surface area contributed by atoms with Crippen molar-refractivity contribution in [3.8, 4) is 0 Å². The van der Waals surface area contributed by atoms with E-state index >= 15 is 0 Å². The fourth-order valence-corrected chi connectivity index (χ4v) is 8.67. The van der Waals surface area contributed by atoms with Gasteiger partial charge in [-0.3, -0.25) is 14.3 Å². The van der Waals surface area contributed by atoms with E-state index in [2.05, 4.69) is 10.3 Å². The van der Waals surface area contributed by atoms with Crippen LogP contribution in [0.15, 0.2) is 30.0 Å². The van der Waals surface area contributed by atoms with Gasteiger partial charge in [0.2, 0.25) is 0 Å². The number of hydrogen-bond donors (Lipinski definition) is 5. The minimum atomic E-state index is -1.31. The van der Waals surface area contributed by atoms with Crippen LogP contribution >= 0.6 is 0 Å². The Hall–Kier alpha value is -2.72. The second-order valence-corrected chi connectivity index (χ2v) is 18.2. The van der Waals surface area contributed by atoms with Crippen LogP contribution in [0.25, 0.3) is 0 Å². The lowest BCUT2D eigenvalue weighted by Gasteiger charge is -2.46. The first-order chi connectivity index (χ1) is 29.1. The Bertz CT molecular complexity index is 1630. The third kappa shape index (κ3) is 13.2. The number of ketones is 1. The third-order valence-corrected chi connectivity index (χ3v) is 12.6. The molecule has 0 amide bonds. The van der Waals surface area contributed by atoms with E-state index in [-0.39, 0.29) is 18.8 Å². The highest BCUT2D eigenvalue weighted by Crippen LogP contribution is 2.35. The number of hydrogen-bond acceptors (Lipinski definition) is 17. The molecule has 1 aromatic heterocycles. The number of nitrogens with zero attached hydrogens (tertiary/aromatic N) is 4. The molecule has 0 aromatic carbocycles. The van der Waals surface area contributed by atoms with Crippen molar-refractivity contribution in [3.63, 3.8) is 0 Å². The van der Waals surface area contributed by atoms with Crippen LogP contribution in [0.1, 0.15) is 86.8 Å². The number of esters is 1. The summed E-state index contributed by atoms with van der Waals surface area (Å²) in [6.07, 6.45) is -3.86. The zero-order valence-corrected chi connectivity index (χ0v) is 38.6. The first-order valence-corrected chi connectivity index (χ1v) is 21.9. The van der Waals surface area contributed by atoms with E-state index < -0.39 is 121 Å². The number of methoxy groups -OCH3 is 2. The minimum Gasteiger partial charge on any atom is -0.462 e. The molecular weight excluding hydrogens is 808 g/mol. The SMILES string of the molecule is CC[C@H]1OC(=O)C[C@@H](O)[C@H](C)[C@@H](O[C@@H]2O[C@H](C)[C@@H](O)C(N(C)C)C2O)[C@@H](CCn2cc(C(C)(C)O)nn2)C[C@@H](C)C(=O)C=CC(C)=C[C@@H]1CO[C@@H]1OC(C)[C@@H](O)[C@H](OC)C1OC. The lowest BCUT2D eigenvalue weighted by molar-refractivity contribution is -0.304. The van der Waals surface area contributed by atoms with Crippen molar-refractivity contribution in [3.05, 3.63) is 35.7 Å². The number of likely N-dealkylation sites (N-methyl/N-ethyl adjacent to an activating group) is 1. The molecule has 5 N–H and O–H groups in total. The largest absolute Gasteiger partial charge is 0.462 e. The highest BCUT2D eigenvalue weighted by molar-refractivity contribution is 5.91. The van der Waals surface area contributed by atoms with Gasteiger partial charge in [0.05, 0.1) is 55.8 Å². The number of aliphatic hydroxyl groups excluding tert-OH is 4. The van der Waals surface area contributed by atoms with Crippen molar-refractivity contribution in [2.75, 3.05) is 34.9 Å². The van der Waals surface area contributed by atoms with E-state index in [0.29, 0.717) is 30.7 Å². The summed E-state index contributed by atoms with van der Waals surface area (Å²) < 4.78 is 43.9. The highest BCUT2D eigenvalue weighted by atomic mass is 16.7. The van der Waals surface area contributed by atoms with Gasteiger partial charge in [-0.25, -0.2) is 0 Å². The predicted molar refractivity (Wildman–Crippen MR) is 225 cm³/mol. The molecule has 4 rings (SSSR count). The molecule has 17 atom stereocenters. The molecule has 18 nitrogen and oxygen atoms in total. The van der Waals surface area contributed by atoms with Gasteiger partial charge in [0.1, 0.15) is 41.8 Å². The van der Waals surface area contributed by atoms with Crippen molar-refractivity contribution < 1.29 is 68.3 Å². The van der Waals surface area contributed by atoms with Crippen LogP contribution in [-0.4, -0.2) is 172 Å². The molecule has 2 fully saturated rings. The van der Waals surface area contributed by atoms with Crippen molar-refractivity contribution >= 4 is 11.8 Å². The van der Waals surface area contributed by atoms with Crippen LogP contribution in [0.3, 0.4) is 0 Å². The summed E-state index contributed by atoms with van der Waals surface area (Å²) in [5, 5.41) is 64.0. The molecule has 4 unspecified atom stereocenters. The van der Waals surface area contributed by atoms with Gasteiger partial charge in [0, 0.05) is 38.5 Å². The Kier molecular flexibility index (Phi) is 19.2. The van der Waals surface area contributed by atoms with Gasteiger partial charge in [-0.15, -0.1) is 5.10 Å². The maximum Gasteiger partial charge on any atom is 0.308 e. The van der Waals surface area contributed by atoms with Crippen LogP contribution in [0, 0.1) is 23.7 Å². The van der Waals surface area contributed by atoms with E-state index in [0.717, 1.165) is 0 Å². The molecule has 1 aromatic rings. The molecule has 0 aliphatic carbocycles. The number of carbonyl (C=O) groups is 2. The summed E-state index contributed by atoms with van der Waals surface area (Å²) in [5.41, 5.74) is -0.143. The molecule has 4 heterocycles. The first kappa shape index (κ1) is 51.9. The molecule has 62 heavy (non-hydrogen) atoms. The molecular formula is C44H74N4O14. The van der Waals surface area contributed by atoms with E-state index in [4.69, 9.17) is 33.2 Å². The van der Waals surface area contributed by atoms with Crippen molar-refractivity contribution in [2.24, 2.45) is 23.7 Å². The second-order valence-electron chi connectivity index (χ2n) is 18.2. The summed E-state index contributed by atoms with van der Waals surface area (Å²) in [6, 6.07) is -0.745. The average molecular weight is 883 g/mol. The summed E-state index contributed by atoms with van der Waals surface area (Å²) in [6.45, 7) is 14.2. The van der Waals surface area contributed by atoms with Crippen LogP contribution < -0.4 is 0 Å². The van der Waals surface area contributed by atoms with E-state index in [1.165, 1.54) is 20.3 Å². The third-order valence-electron chi connectivity index (χ3n) is 12.6. The Labute approximate surface area is 366 Å². The van der Waals surface area contributed by atoms with Gasteiger partial charge in [0.15, 0.2) is 18.4 Å². The average Bonchev–Trinajstić information content (AvgIpc) is 3.70. The van der Waals surface area contributed by atoms with Crippen LogP contribution in [0.5, 0.6) is 0 Å². The fourth-order valence-electron chi connectivity index (χ4n) is 8.67. The number of aryl methyl sites for hydroxylation is 1. The number of rotatable bonds is 13. The molecule has 2 saturated heterocycles. The number of allylic oxidation sites excluding steroid dienone is 3. The Morgan fingerprint density at radius 1 is 0.919 bits per heavy atom. The van der Waals surface area contributed by atoms with E-state index in [9.17, 15) is 35.1 Å². The van der Waals surface area contributed by atoms with Crippen molar-refractivity contribution in [2.45, 2.75) is 173 Å². The maximum absolute atomic E-state index is 13.9. The van der Waals surface area contributed by atoms with Gasteiger partial charge in [-0.05, 0) is 80.0 Å². The maximum atomic E-state index is 13.9. The summed E-state index contributed by atoms with van der Waals surface area (Å²) >= 11 is 0. The number of cyclic esters (lactones) is 1. The molecule has 0 bridgehead atoms. The smallest absolute Gasteiger partial charge is 0.308 e. The lowest BCUT2D eigenvalue weighted by Crippen LogP contribution is -2.63. The van der Waals surface area contributed by atoms with Crippen molar-refractivity contribution in [1.29, 1.82) is 0 Å². The summed E-state index contributed by atoms with van der Waals surface area (Å²) in [7, 11) is 6.42. The number of aliphatic hydroxyl groups is 5. The minimum absolute atomic E-state index is 0.00941. The number of aromatic nitrogens is 3. The van der Waals surface area contributed by atoms with Crippen LogP contribution in [0.4, 0.5) is 0 Å². The summed E-state index contributed by atoms with van der Waals surface area (Å²) in [5.74, 6) is -3.16. The Morgan fingerprint density at radius 2 is 1.56 bits per heavy atom. The van der Waals surface area contributed by atoms with E-state index in [1.807, 2.05) is 26.8 Å². The van der Waals surface area contributed by atoms with Crippen LogP contribution in [-0.2, 0) is 54.9 Å². The van der Waals surface area contributed by atoms with Gasteiger partial charge in [-0.1, -0.05) is 43.7 Å². The first-order valence-electron chi connectivity index (χ1n) is 21.9. The zero-order valence-electron chi connectivity index (χ0n) is 38.6. The van der Waals surface area contributed by atoms with Gasteiger partial charge >= 0.3 is 5.97 Å².